The fraction of sp³-hybridized carbons (Fsp3) is 0.333. The van der Waals surface area contributed by atoms with Crippen molar-refractivity contribution in [3.8, 4) is 0 Å². The molecule has 0 saturated carbocycles. The van der Waals surface area contributed by atoms with E-state index in [1.54, 1.807) is 70.2 Å². The molecule has 0 unspecified atom stereocenters. The number of benzene rings is 2. The Morgan fingerprint density at radius 3 is 2.23 bits per heavy atom. The summed E-state index contributed by atoms with van der Waals surface area (Å²) in [4.78, 5) is 52.3. The minimum Gasteiger partial charge on any atom is -0.480 e. The van der Waals surface area contributed by atoms with Crippen molar-refractivity contribution in [2.75, 3.05) is 23.3 Å². The Labute approximate surface area is 202 Å². The zero-order chi connectivity index (χ0) is 25.9. The van der Waals surface area contributed by atoms with Gasteiger partial charge in [0.2, 0.25) is 5.91 Å². The lowest BCUT2D eigenvalue weighted by molar-refractivity contribution is -0.138. The molecule has 186 valence electrons. The SMILES string of the molecule is Cc1ccccc1NC(=O)N(O)[C@H]1N(c2ccccc2C)C(=O)N(CC(=O)NCC(=O)O)C1(C)C. The van der Waals surface area contributed by atoms with Crippen molar-refractivity contribution in [2.24, 2.45) is 0 Å². The molecule has 11 nitrogen and oxygen atoms in total. The van der Waals surface area contributed by atoms with E-state index >= 15 is 0 Å². The number of urea groups is 2. The monoisotopic (exact) mass is 483 g/mol. The molecule has 1 aliphatic heterocycles. The van der Waals surface area contributed by atoms with Gasteiger partial charge in [-0.15, -0.1) is 0 Å². The first-order chi connectivity index (χ1) is 16.4. The lowest BCUT2D eigenvalue weighted by atomic mass is 9.99. The van der Waals surface area contributed by atoms with Crippen LogP contribution >= 0.6 is 0 Å². The second-order valence-electron chi connectivity index (χ2n) is 8.81. The highest BCUT2D eigenvalue weighted by atomic mass is 16.5. The molecule has 0 aromatic heterocycles. The van der Waals surface area contributed by atoms with E-state index in [1.807, 2.05) is 6.07 Å². The summed E-state index contributed by atoms with van der Waals surface area (Å²) in [5.74, 6) is -1.91. The molecule has 2 aromatic rings. The molecule has 1 aliphatic rings. The molecule has 3 rings (SSSR count). The van der Waals surface area contributed by atoms with Crippen LogP contribution in [0.15, 0.2) is 48.5 Å². The number of nitrogens with zero attached hydrogens (tertiary/aromatic N) is 3. The number of aryl methyl sites for hydroxylation is 2. The summed E-state index contributed by atoms with van der Waals surface area (Å²) in [6, 6.07) is 12.5. The number of hydrogen-bond donors (Lipinski definition) is 4. The Bertz CT molecular complexity index is 1150. The molecule has 35 heavy (non-hydrogen) atoms. The van der Waals surface area contributed by atoms with Crippen LogP contribution < -0.4 is 15.5 Å². The van der Waals surface area contributed by atoms with Gasteiger partial charge in [0, 0.05) is 5.69 Å². The van der Waals surface area contributed by atoms with Crippen LogP contribution in [0.3, 0.4) is 0 Å². The Balaban J connectivity index is 1.98. The average molecular weight is 484 g/mol. The van der Waals surface area contributed by atoms with Crippen LogP contribution in [-0.4, -0.2) is 69.0 Å². The zero-order valence-electron chi connectivity index (χ0n) is 20.0. The van der Waals surface area contributed by atoms with E-state index in [2.05, 4.69) is 10.6 Å². The van der Waals surface area contributed by atoms with Crippen LogP contribution in [0.5, 0.6) is 0 Å². The van der Waals surface area contributed by atoms with Gasteiger partial charge in [-0.25, -0.2) is 9.59 Å². The topological polar surface area (TPSA) is 143 Å². The van der Waals surface area contributed by atoms with Crippen molar-refractivity contribution < 1.29 is 29.5 Å². The van der Waals surface area contributed by atoms with E-state index in [0.717, 1.165) is 5.56 Å². The predicted octanol–water partition coefficient (Wildman–Crippen LogP) is 2.77. The van der Waals surface area contributed by atoms with Gasteiger partial charge in [-0.3, -0.25) is 19.7 Å². The highest BCUT2D eigenvalue weighted by molar-refractivity contribution is 6.00. The lowest BCUT2D eigenvalue weighted by Crippen LogP contribution is -2.58. The summed E-state index contributed by atoms with van der Waals surface area (Å²) in [5, 5.41) is 25.3. The Kier molecular flexibility index (Phi) is 7.30. The second kappa shape index (κ2) is 10.0. The quantitative estimate of drug-likeness (QED) is 0.352. The molecule has 0 aliphatic carbocycles. The molecule has 4 N–H and O–H groups in total. The number of nitrogens with one attached hydrogen (secondary N) is 2. The van der Waals surface area contributed by atoms with Gasteiger partial charge in [0.1, 0.15) is 13.1 Å². The smallest absolute Gasteiger partial charge is 0.347 e. The normalized spacial score (nSPS) is 16.7. The first-order valence-electron chi connectivity index (χ1n) is 10.9. The van der Waals surface area contributed by atoms with E-state index in [0.29, 0.717) is 22.0 Å². The molecule has 1 saturated heterocycles. The Morgan fingerprint density at radius 2 is 1.63 bits per heavy atom. The fourth-order valence-corrected chi connectivity index (χ4v) is 4.06. The standard InChI is InChI=1S/C24H29N5O6/c1-15-9-5-7-11-17(15)26-22(33)29(35)21-24(3,4)27(14-19(30)25-13-20(31)32)23(34)28(21)18-12-8-6-10-16(18)2/h5-12,21,35H,13-14H2,1-4H3,(H,25,30)(H,26,33)(H,31,32)/t21-/m1/s1. The van der Waals surface area contributed by atoms with Gasteiger partial charge in [-0.05, 0) is 51.0 Å². The number of carboxylic acids is 1. The molecule has 0 bridgehead atoms. The van der Waals surface area contributed by atoms with Crippen LogP contribution in [0.25, 0.3) is 0 Å². The number of rotatable bonds is 7. The number of carboxylic acid groups (broad SMARTS) is 1. The highest BCUT2D eigenvalue weighted by Gasteiger charge is 2.56. The van der Waals surface area contributed by atoms with Gasteiger partial charge in [0.25, 0.3) is 0 Å². The van der Waals surface area contributed by atoms with Crippen LogP contribution in [0.1, 0.15) is 25.0 Å². The summed E-state index contributed by atoms with van der Waals surface area (Å²) in [6.45, 7) is 5.75. The summed E-state index contributed by atoms with van der Waals surface area (Å²) >= 11 is 0. The first kappa shape index (κ1) is 25.5. The van der Waals surface area contributed by atoms with E-state index in [4.69, 9.17) is 5.11 Å². The summed E-state index contributed by atoms with van der Waals surface area (Å²) in [6.07, 6.45) is -1.22. The summed E-state index contributed by atoms with van der Waals surface area (Å²) in [7, 11) is 0. The average Bonchev–Trinajstić information content (AvgIpc) is 2.99. The number of hydroxylamine groups is 2. The number of para-hydroxylation sites is 2. The van der Waals surface area contributed by atoms with Crippen LogP contribution in [0.2, 0.25) is 0 Å². The molecule has 1 heterocycles. The maximum atomic E-state index is 13.6. The third-order valence-corrected chi connectivity index (χ3v) is 5.95. The minimum absolute atomic E-state index is 0.450. The molecule has 0 spiro atoms. The minimum atomic E-state index is -1.25. The molecular weight excluding hydrogens is 454 g/mol. The molecule has 11 heteroatoms. The predicted molar refractivity (Wildman–Crippen MR) is 128 cm³/mol. The van der Waals surface area contributed by atoms with Crippen LogP contribution in [-0.2, 0) is 9.59 Å². The van der Waals surface area contributed by atoms with Crippen LogP contribution in [0, 0.1) is 13.8 Å². The van der Waals surface area contributed by atoms with Crippen molar-refractivity contribution in [1.82, 2.24) is 15.3 Å². The van der Waals surface area contributed by atoms with Crippen molar-refractivity contribution in [3.63, 3.8) is 0 Å². The number of hydrogen-bond acceptors (Lipinski definition) is 5. The fourth-order valence-electron chi connectivity index (χ4n) is 4.06. The number of carbonyl (C=O) groups excluding carboxylic acids is 3. The van der Waals surface area contributed by atoms with E-state index < -0.39 is 48.7 Å². The first-order valence-corrected chi connectivity index (χ1v) is 10.9. The van der Waals surface area contributed by atoms with E-state index in [9.17, 15) is 24.4 Å². The van der Waals surface area contributed by atoms with Gasteiger partial charge in [-0.1, -0.05) is 36.4 Å². The van der Waals surface area contributed by atoms with Crippen molar-refractivity contribution in [1.29, 1.82) is 0 Å². The summed E-state index contributed by atoms with van der Waals surface area (Å²) < 4.78 is 0. The molecule has 2 aromatic carbocycles. The molecule has 5 amide bonds. The van der Waals surface area contributed by atoms with E-state index in [-0.39, 0.29) is 0 Å². The van der Waals surface area contributed by atoms with Gasteiger partial charge in [0.15, 0.2) is 6.17 Å². The van der Waals surface area contributed by atoms with Gasteiger partial charge in [-0.2, -0.15) is 5.06 Å². The third kappa shape index (κ3) is 5.19. The zero-order valence-corrected chi connectivity index (χ0v) is 20.0. The highest BCUT2D eigenvalue weighted by Crippen LogP contribution is 2.39. The van der Waals surface area contributed by atoms with Crippen molar-refractivity contribution >= 4 is 35.3 Å². The van der Waals surface area contributed by atoms with Gasteiger partial charge in [0.05, 0.1) is 11.2 Å². The van der Waals surface area contributed by atoms with Crippen molar-refractivity contribution in [3.05, 3.63) is 59.7 Å². The van der Waals surface area contributed by atoms with E-state index in [1.165, 1.54) is 9.80 Å². The van der Waals surface area contributed by atoms with Gasteiger partial charge < -0.3 is 20.6 Å². The van der Waals surface area contributed by atoms with Gasteiger partial charge >= 0.3 is 18.0 Å². The van der Waals surface area contributed by atoms with Crippen molar-refractivity contribution in [2.45, 2.75) is 39.4 Å². The second-order valence-corrected chi connectivity index (χ2v) is 8.81. The summed E-state index contributed by atoms with van der Waals surface area (Å²) in [5.41, 5.74) is 1.19. The number of amides is 5. The largest absolute Gasteiger partial charge is 0.480 e. The molecule has 0 radical (unpaired) electrons. The number of anilines is 2. The lowest BCUT2D eigenvalue weighted by Gasteiger charge is -2.38. The third-order valence-electron chi connectivity index (χ3n) is 5.95. The number of carbonyl (C=O) groups is 4. The molecule has 1 fully saturated rings. The van der Waals surface area contributed by atoms with Crippen LogP contribution in [0.4, 0.5) is 21.0 Å². The number of aliphatic carboxylic acids is 1. The molecule has 1 atom stereocenters. The maximum absolute atomic E-state index is 13.6. The Hall–Kier alpha value is -4.12. The Morgan fingerprint density at radius 1 is 1.03 bits per heavy atom. The maximum Gasteiger partial charge on any atom is 0.347 e. The molecular formula is C24H29N5O6.